The number of methoxy groups -OCH3 is 1. The molecule has 6 rings (SSSR count). The molecule has 1 unspecified atom stereocenters. The van der Waals surface area contributed by atoms with Crippen LogP contribution in [0.25, 0.3) is 5.76 Å². The molecule has 0 aliphatic carbocycles. The zero-order chi connectivity index (χ0) is 34.7. The number of amides is 1. The van der Waals surface area contributed by atoms with E-state index in [4.69, 9.17) is 14.2 Å². The van der Waals surface area contributed by atoms with Crippen molar-refractivity contribution >= 4 is 39.7 Å². The number of benzene rings is 4. The number of hydrogen-bond acceptors (Lipinski definition) is 9. The third-order valence-corrected chi connectivity index (χ3v) is 9.54. The highest BCUT2D eigenvalue weighted by atomic mass is 32.1. The van der Waals surface area contributed by atoms with E-state index in [2.05, 4.69) is 4.98 Å². The van der Waals surface area contributed by atoms with E-state index in [1.165, 1.54) is 18.9 Å². The lowest BCUT2D eigenvalue weighted by Gasteiger charge is -2.24. The molecule has 1 aromatic heterocycles. The highest BCUT2D eigenvalue weighted by Crippen LogP contribution is 2.45. The predicted molar refractivity (Wildman–Crippen MR) is 187 cm³/mol. The van der Waals surface area contributed by atoms with Crippen LogP contribution >= 0.6 is 11.3 Å². The summed E-state index contributed by atoms with van der Waals surface area (Å²) >= 11 is 1.02. The molecule has 0 saturated carbocycles. The van der Waals surface area contributed by atoms with Crippen LogP contribution in [0.1, 0.15) is 56.1 Å². The topological polar surface area (TPSA) is 115 Å². The Morgan fingerprint density at radius 3 is 2.27 bits per heavy atom. The van der Waals surface area contributed by atoms with Gasteiger partial charge in [0.05, 0.1) is 29.3 Å². The van der Waals surface area contributed by atoms with Crippen LogP contribution in [0.3, 0.4) is 0 Å². The maximum Gasteiger partial charge on any atom is 0.301 e. The number of aryl methyl sites for hydroxylation is 2. The molecule has 0 spiro atoms. The molecule has 49 heavy (non-hydrogen) atoms. The number of aliphatic hydroxyl groups excluding tert-OH is 1. The fourth-order valence-electron chi connectivity index (χ4n) is 5.66. The minimum atomic E-state index is -1.08. The summed E-state index contributed by atoms with van der Waals surface area (Å²) in [5.74, 6) is -0.936. The lowest BCUT2D eigenvalue weighted by Crippen LogP contribution is -2.29. The minimum Gasteiger partial charge on any atom is -0.507 e. The van der Waals surface area contributed by atoms with E-state index in [9.17, 15) is 19.5 Å². The molecule has 10 heteroatoms. The first kappa shape index (κ1) is 33.2. The van der Waals surface area contributed by atoms with Gasteiger partial charge in [0.25, 0.3) is 5.78 Å². The Bertz CT molecular complexity index is 2070. The first-order chi connectivity index (χ1) is 23.7. The van der Waals surface area contributed by atoms with Gasteiger partial charge in [0, 0.05) is 12.5 Å². The number of nitrogens with zero attached hydrogens (tertiary/aromatic N) is 2. The van der Waals surface area contributed by atoms with E-state index >= 15 is 0 Å². The summed E-state index contributed by atoms with van der Waals surface area (Å²) in [4.78, 5) is 45.9. The summed E-state index contributed by atoms with van der Waals surface area (Å²) in [6.07, 6.45) is 0. The largest absolute Gasteiger partial charge is 0.507 e. The van der Waals surface area contributed by atoms with Crippen molar-refractivity contribution < 1.29 is 33.7 Å². The molecule has 0 bridgehead atoms. The van der Waals surface area contributed by atoms with Crippen LogP contribution in [0.15, 0.2) is 103 Å². The summed E-state index contributed by atoms with van der Waals surface area (Å²) in [5.41, 5.74) is 4.23. The molecule has 0 radical (unpaired) electrons. The van der Waals surface area contributed by atoms with E-state index in [0.29, 0.717) is 52.2 Å². The zero-order valence-electron chi connectivity index (χ0n) is 27.4. The summed E-state index contributed by atoms with van der Waals surface area (Å²) in [6, 6.07) is 28.3. The molecule has 5 aromatic rings. The number of ketones is 2. The number of aliphatic hydroxyl groups is 1. The standard InChI is InChI=1S/C39H34N2O7S/c1-23-10-8-9-13-29(23)22-47-30-17-14-27(15-18-30)35(43)33-34(41(38(45)36(33)44)39-40-24(2)37(49-39)25(3)42)28-16-19-31(32(20-28)46-4)48-21-26-11-6-5-7-12-26/h5-20,34,43H,21-22H2,1-4H3/b35-33+. The maximum atomic E-state index is 13.8. The molecule has 4 aromatic carbocycles. The molecule has 1 aliphatic rings. The quantitative estimate of drug-likeness (QED) is 0.0655. The van der Waals surface area contributed by atoms with Crippen LogP contribution in [0.5, 0.6) is 17.2 Å². The van der Waals surface area contributed by atoms with Crippen molar-refractivity contribution in [3.8, 4) is 17.2 Å². The number of aromatic nitrogens is 1. The average molecular weight is 675 g/mol. The van der Waals surface area contributed by atoms with E-state index in [-0.39, 0.29) is 22.2 Å². The Hall–Kier alpha value is -5.74. The molecule has 2 heterocycles. The molecule has 1 amide bonds. The summed E-state index contributed by atoms with van der Waals surface area (Å²) in [5, 5.41) is 11.9. The van der Waals surface area contributed by atoms with Crippen molar-refractivity contribution in [2.75, 3.05) is 12.0 Å². The number of thiazole rings is 1. The van der Waals surface area contributed by atoms with E-state index in [1.54, 1.807) is 49.4 Å². The maximum absolute atomic E-state index is 13.8. The lowest BCUT2D eigenvalue weighted by molar-refractivity contribution is -0.132. The van der Waals surface area contributed by atoms with Crippen LogP contribution in [0, 0.1) is 13.8 Å². The van der Waals surface area contributed by atoms with Crippen LogP contribution in [-0.4, -0.2) is 34.7 Å². The molecule has 1 fully saturated rings. The molecule has 1 saturated heterocycles. The highest BCUT2D eigenvalue weighted by molar-refractivity contribution is 7.18. The van der Waals surface area contributed by atoms with Crippen molar-refractivity contribution in [3.05, 3.63) is 141 Å². The first-order valence-corrected chi connectivity index (χ1v) is 16.4. The second kappa shape index (κ2) is 14.2. The molecular weight excluding hydrogens is 641 g/mol. The van der Waals surface area contributed by atoms with E-state index < -0.39 is 17.7 Å². The van der Waals surface area contributed by atoms with Gasteiger partial charge in [-0.25, -0.2) is 4.98 Å². The molecule has 1 aliphatic heterocycles. The Morgan fingerprint density at radius 2 is 1.59 bits per heavy atom. The number of anilines is 1. The monoisotopic (exact) mass is 674 g/mol. The molecule has 248 valence electrons. The van der Waals surface area contributed by atoms with Gasteiger partial charge in [-0.05, 0) is 72.5 Å². The van der Waals surface area contributed by atoms with Crippen LogP contribution in [0.4, 0.5) is 5.13 Å². The Kier molecular flexibility index (Phi) is 9.59. The number of rotatable bonds is 11. The van der Waals surface area contributed by atoms with Crippen LogP contribution in [-0.2, 0) is 22.8 Å². The summed E-state index contributed by atoms with van der Waals surface area (Å²) in [6.45, 7) is 5.77. The van der Waals surface area contributed by atoms with Gasteiger partial charge in [0.2, 0.25) is 0 Å². The minimum absolute atomic E-state index is 0.129. The van der Waals surface area contributed by atoms with Gasteiger partial charge in [-0.3, -0.25) is 19.3 Å². The predicted octanol–water partition coefficient (Wildman–Crippen LogP) is 7.76. The lowest BCUT2D eigenvalue weighted by atomic mass is 9.95. The Balaban J connectivity index is 1.38. The number of carbonyl (C=O) groups excluding carboxylic acids is 3. The SMILES string of the molecule is COc1cc(C2/C(=C(\O)c3ccc(OCc4ccccc4C)cc3)C(=O)C(=O)N2c2nc(C)c(C(C)=O)s2)ccc1OCc1ccccc1. The number of carbonyl (C=O) groups is 3. The number of ether oxygens (including phenoxy) is 3. The average Bonchev–Trinajstić information content (AvgIpc) is 3.63. The van der Waals surface area contributed by atoms with Gasteiger partial charge in [-0.2, -0.15) is 0 Å². The van der Waals surface area contributed by atoms with Gasteiger partial charge in [0.1, 0.15) is 24.7 Å². The molecule has 9 nitrogen and oxygen atoms in total. The van der Waals surface area contributed by atoms with Gasteiger partial charge in [0.15, 0.2) is 22.4 Å². The Labute approximate surface area is 288 Å². The zero-order valence-corrected chi connectivity index (χ0v) is 28.2. The fraction of sp³-hybridized carbons (Fsp3) is 0.179. The van der Waals surface area contributed by atoms with Gasteiger partial charge >= 0.3 is 5.91 Å². The van der Waals surface area contributed by atoms with Crippen molar-refractivity contribution in [1.29, 1.82) is 0 Å². The smallest absolute Gasteiger partial charge is 0.301 e. The Morgan fingerprint density at radius 1 is 0.878 bits per heavy atom. The molecule has 1 atom stereocenters. The van der Waals surface area contributed by atoms with Crippen molar-refractivity contribution in [2.45, 2.75) is 40.0 Å². The van der Waals surface area contributed by atoms with Crippen molar-refractivity contribution in [2.24, 2.45) is 0 Å². The number of Topliss-reactive ketones (excluding diaryl/α,β-unsaturated/α-hetero) is 2. The fourth-order valence-corrected chi connectivity index (χ4v) is 6.65. The molecular formula is C39H34N2O7S. The molecule has 1 N–H and O–H groups in total. The number of hydrogen-bond donors (Lipinski definition) is 1. The van der Waals surface area contributed by atoms with Gasteiger partial charge < -0.3 is 19.3 Å². The van der Waals surface area contributed by atoms with Crippen LogP contribution in [0.2, 0.25) is 0 Å². The van der Waals surface area contributed by atoms with Gasteiger partial charge in [-0.1, -0.05) is 72.0 Å². The van der Waals surface area contributed by atoms with Gasteiger partial charge in [-0.15, -0.1) is 0 Å². The third kappa shape index (κ3) is 6.81. The first-order valence-electron chi connectivity index (χ1n) is 15.6. The second-order valence-corrected chi connectivity index (χ2v) is 12.5. The van der Waals surface area contributed by atoms with Crippen molar-refractivity contribution in [3.63, 3.8) is 0 Å². The van der Waals surface area contributed by atoms with Crippen LogP contribution < -0.4 is 19.1 Å². The third-order valence-electron chi connectivity index (χ3n) is 8.28. The van der Waals surface area contributed by atoms with Crippen molar-refractivity contribution in [1.82, 2.24) is 4.98 Å². The van der Waals surface area contributed by atoms with E-state index in [1.807, 2.05) is 61.5 Å². The normalized spacial score (nSPS) is 15.3. The summed E-state index contributed by atoms with van der Waals surface area (Å²) < 4.78 is 17.7. The summed E-state index contributed by atoms with van der Waals surface area (Å²) in [7, 11) is 1.50. The highest BCUT2D eigenvalue weighted by Gasteiger charge is 2.48. The second-order valence-electron chi connectivity index (χ2n) is 11.6. The van der Waals surface area contributed by atoms with E-state index in [0.717, 1.165) is 28.0 Å².